The van der Waals surface area contributed by atoms with Gasteiger partial charge in [-0.2, -0.15) is 4.98 Å². The van der Waals surface area contributed by atoms with Crippen molar-refractivity contribution in [2.75, 3.05) is 0 Å². The van der Waals surface area contributed by atoms with Gasteiger partial charge >= 0.3 is 0 Å². The van der Waals surface area contributed by atoms with Gasteiger partial charge < -0.3 is 10.3 Å². The minimum atomic E-state index is -0.0417. The molecule has 4 saturated carbocycles. The molecule has 4 aliphatic carbocycles. The molecule has 5 rings (SSSR count). The van der Waals surface area contributed by atoms with Gasteiger partial charge in [0.2, 0.25) is 5.89 Å². The van der Waals surface area contributed by atoms with Crippen molar-refractivity contribution in [3.8, 4) is 0 Å². The Balaban J connectivity index is 1.48. The fourth-order valence-corrected chi connectivity index (χ4v) is 5.29. The third-order valence-electron chi connectivity index (χ3n) is 5.82. The molecule has 0 saturated heterocycles. The van der Waals surface area contributed by atoms with Gasteiger partial charge in [-0.25, -0.2) is 0 Å². The van der Waals surface area contributed by atoms with Crippen molar-refractivity contribution in [3.63, 3.8) is 0 Å². The number of aryl methyl sites for hydroxylation is 1. The van der Waals surface area contributed by atoms with Crippen molar-refractivity contribution in [3.05, 3.63) is 11.7 Å². The molecule has 4 bridgehead atoms. The Kier molecular flexibility index (Phi) is 2.69. The Morgan fingerprint density at radius 3 is 2.32 bits per heavy atom. The van der Waals surface area contributed by atoms with Crippen LogP contribution >= 0.6 is 0 Å². The molecular formula is C15H23N3O. The molecule has 4 fully saturated rings. The van der Waals surface area contributed by atoms with Gasteiger partial charge in [0, 0.05) is 6.92 Å². The predicted molar refractivity (Wildman–Crippen MR) is 71.1 cm³/mol. The lowest BCUT2D eigenvalue weighted by molar-refractivity contribution is -0.0423. The highest BCUT2D eigenvalue weighted by molar-refractivity contribution is 5.01. The van der Waals surface area contributed by atoms with Crippen LogP contribution in [0.25, 0.3) is 0 Å². The quantitative estimate of drug-likeness (QED) is 0.908. The van der Waals surface area contributed by atoms with Crippen LogP contribution in [0.15, 0.2) is 4.52 Å². The highest BCUT2D eigenvalue weighted by atomic mass is 16.5. The van der Waals surface area contributed by atoms with Crippen LogP contribution in [0.1, 0.15) is 56.3 Å². The Morgan fingerprint density at radius 2 is 1.79 bits per heavy atom. The maximum Gasteiger partial charge on any atom is 0.223 e. The van der Waals surface area contributed by atoms with Gasteiger partial charge in [-0.1, -0.05) is 5.16 Å². The highest BCUT2D eigenvalue weighted by Gasteiger charge is 2.48. The van der Waals surface area contributed by atoms with Gasteiger partial charge in [-0.3, -0.25) is 0 Å². The van der Waals surface area contributed by atoms with E-state index >= 15 is 0 Å². The summed E-state index contributed by atoms with van der Waals surface area (Å²) in [5.74, 6) is 6.04. The molecule has 1 atom stereocenters. The smallest absolute Gasteiger partial charge is 0.223 e. The molecule has 19 heavy (non-hydrogen) atoms. The van der Waals surface area contributed by atoms with Gasteiger partial charge in [0.05, 0.1) is 6.04 Å². The zero-order valence-electron chi connectivity index (χ0n) is 11.6. The molecule has 0 spiro atoms. The lowest BCUT2D eigenvalue weighted by Crippen LogP contribution is -2.45. The van der Waals surface area contributed by atoms with Crippen LogP contribution in [0, 0.1) is 36.5 Å². The lowest BCUT2D eigenvalue weighted by Gasteiger charge is -2.55. The van der Waals surface area contributed by atoms with Crippen molar-refractivity contribution in [2.24, 2.45) is 35.3 Å². The molecule has 4 nitrogen and oxygen atoms in total. The van der Waals surface area contributed by atoms with Crippen molar-refractivity contribution < 1.29 is 4.52 Å². The fraction of sp³-hybridized carbons (Fsp3) is 0.867. The van der Waals surface area contributed by atoms with Crippen LogP contribution in [0.5, 0.6) is 0 Å². The van der Waals surface area contributed by atoms with Gasteiger partial charge in [-0.15, -0.1) is 0 Å². The van der Waals surface area contributed by atoms with E-state index in [0.717, 1.165) is 36.0 Å². The van der Waals surface area contributed by atoms with Gasteiger partial charge in [0.1, 0.15) is 0 Å². The standard InChI is InChI=1S/C15H23N3O/c1-8-17-15(18-19-8)14(16)7-13-11-3-9-2-10(5-11)6-12(13)4-9/h9-14H,2-7,16H2,1H3. The molecular weight excluding hydrogens is 238 g/mol. The van der Waals surface area contributed by atoms with Crippen molar-refractivity contribution in [1.82, 2.24) is 10.1 Å². The van der Waals surface area contributed by atoms with Gasteiger partial charge in [-0.05, 0) is 68.1 Å². The molecule has 2 N–H and O–H groups in total. The number of rotatable bonds is 3. The van der Waals surface area contributed by atoms with Crippen LogP contribution in [-0.2, 0) is 0 Å². The molecule has 0 aliphatic heterocycles. The molecule has 104 valence electrons. The minimum absolute atomic E-state index is 0.0417. The summed E-state index contributed by atoms with van der Waals surface area (Å²) in [6.45, 7) is 1.83. The summed E-state index contributed by atoms with van der Waals surface area (Å²) in [6, 6.07) is -0.0417. The van der Waals surface area contributed by atoms with Crippen LogP contribution in [0.3, 0.4) is 0 Å². The largest absolute Gasteiger partial charge is 0.340 e. The van der Waals surface area contributed by atoms with E-state index in [1.165, 1.54) is 32.1 Å². The average Bonchev–Trinajstić information content (AvgIpc) is 2.79. The van der Waals surface area contributed by atoms with Crippen LogP contribution in [-0.4, -0.2) is 10.1 Å². The number of nitrogens with two attached hydrogens (primary N) is 1. The van der Waals surface area contributed by atoms with E-state index in [2.05, 4.69) is 10.1 Å². The summed E-state index contributed by atoms with van der Waals surface area (Å²) in [4.78, 5) is 4.29. The SMILES string of the molecule is Cc1nc(C(N)CC2C3CC4CC(C3)CC2C4)no1. The van der Waals surface area contributed by atoms with Crippen LogP contribution in [0.4, 0.5) is 0 Å². The predicted octanol–water partition coefficient (Wildman–Crippen LogP) is 2.84. The molecule has 0 radical (unpaired) electrons. The maximum absolute atomic E-state index is 6.30. The van der Waals surface area contributed by atoms with Crippen LogP contribution in [0.2, 0.25) is 0 Å². The first kappa shape index (κ1) is 11.9. The zero-order chi connectivity index (χ0) is 13.0. The van der Waals surface area contributed by atoms with E-state index in [0.29, 0.717) is 11.7 Å². The van der Waals surface area contributed by atoms with Crippen molar-refractivity contribution in [1.29, 1.82) is 0 Å². The topological polar surface area (TPSA) is 64.9 Å². The monoisotopic (exact) mass is 261 g/mol. The Labute approximate surface area is 114 Å². The van der Waals surface area contributed by atoms with E-state index in [9.17, 15) is 0 Å². The lowest BCUT2D eigenvalue weighted by atomic mass is 9.51. The second-order valence-corrected chi connectivity index (χ2v) is 7.11. The molecule has 0 aromatic carbocycles. The minimum Gasteiger partial charge on any atom is -0.340 e. The van der Waals surface area contributed by atoms with E-state index in [1.54, 1.807) is 0 Å². The molecule has 4 heteroatoms. The van der Waals surface area contributed by atoms with E-state index in [1.807, 2.05) is 6.92 Å². The van der Waals surface area contributed by atoms with Crippen LogP contribution < -0.4 is 5.73 Å². The molecule has 4 aliphatic rings. The number of aromatic nitrogens is 2. The second-order valence-electron chi connectivity index (χ2n) is 7.11. The number of hydrogen-bond donors (Lipinski definition) is 1. The zero-order valence-corrected chi connectivity index (χ0v) is 11.6. The molecule has 1 heterocycles. The Morgan fingerprint density at radius 1 is 1.16 bits per heavy atom. The second kappa shape index (κ2) is 4.30. The van der Waals surface area contributed by atoms with Gasteiger partial charge in [0.15, 0.2) is 5.82 Å². The van der Waals surface area contributed by atoms with E-state index < -0.39 is 0 Å². The normalized spacial score (nSPS) is 41.7. The molecule has 1 unspecified atom stereocenters. The number of nitrogens with zero attached hydrogens (tertiary/aromatic N) is 2. The Hall–Kier alpha value is -0.900. The van der Waals surface area contributed by atoms with Crippen molar-refractivity contribution in [2.45, 2.75) is 51.5 Å². The summed E-state index contributed by atoms with van der Waals surface area (Å²) in [5.41, 5.74) is 6.30. The summed E-state index contributed by atoms with van der Waals surface area (Å²) in [7, 11) is 0. The first-order valence-electron chi connectivity index (χ1n) is 7.75. The molecule has 1 aromatic rings. The summed E-state index contributed by atoms with van der Waals surface area (Å²) in [5, 5.41) is 3.99. The highest BCUT2D eigenvalue weighted by Crippen LogP contribution is 2.57. The first-order chi connectivity index (χ1) is 9.19. The van der Waals surface area contributed by atoms with Gasteiger partial charge in [0.25, 0.3) is 0 Å². The summed E-state index contributed by atoms with van der Waals surface area (Å²) < 4.78 is 5.05. The first-order valence-corrected chi connectivity index (χ1v) is 7.75. The fourth-order valence-electron chi connectivity index (χ4n) is 5.29. The summed E-state index contributed by atoms with van der Waals surface area (Å²) >= 11 is 0. The summed E-state index contributed by atoms with van der Waals surface area (Å²) in [6.07, 6.45) is 8.38. The van der Waals surface area contributed by atoms with E-state index in [-0.39, 0.29) is 6.04 Å². The van der Waals surface area contributed by atoms with Crippen molar-refractivity contribution >= 4 is 0 Å². The van der Waals surface area contributed by atoms with E-state index in [4.69, 9.17) is 10.3 Å². The average molecular weight is 261 g/mol. The Bertz CT molecular complexity index is 442. The maximum atomic E-state index is 6.30. The third-order valence-corrected chi connectivity index (χ3v) is 5.82. The third kappa shape index (κ3) is 2.00. The molecule has 0 amide bonds. The molecule has 1 aromatic heterocycles. The number of hydrogen-bond acceptors (Lipinski definition) is 4.